The second-order valence-corrected chi connectivity index (χ2v) is 6.66. The van der Waals surface area contributed by atoms with Crippen molar-refractivity contribution in [3.63, 3.8) is 0 Å². The molecule has 2 nitrogen and oxygen atoms in total. The summed E-state index contributed by atoms with van der Waals surface area (Å²) in [6.45, 7) is 2.12. The summed E-state index contributed by atoms with van der Waals surface area (Å²) in [7, 11) is 2.02. The minimum absolute atomic E-state index is 0.151. The summed E-state index contributed by atoms with van der Waals surface area (Å²) in [5.41, 5.74) is 8.84. The molecule has 2 N–H and O–H groups in total. The predicted octanol–water partition coefficient (Wildman–Crippen LogP) is 4.93. The molecule has 2 aromatic carbocycles. The zero-order valence-corrected chi connectivity index (χ0v) is 15.0. The molecule has 0 fully saturated rings. The average Bonchev–Trinajstić information content (AvgIpc) is 2.45. The van der Waals surface area contributed by atoms with Crippen LogP contribution in [-0.2, 0) is 0 Å². The summed E-state index contributed by atoms with van der Waals surface area (Å²) >= 11 is 14.7. The maximum absolute atomic E-state index is 6.08. The maximum Gasteiger partial charge on any atom is 0.106 e. The number of hydrogen-bond acceptors (Lipinski definition) is 2. The lowest BCUT2D eigenvalue weighted by atomic mass is 10.1. The molecule has 0 aliphatic rings. The van der Waals surface area contributed by atoms with Gasteiger partial charge in [0.15, 0.2) is 0 Å². The fourth-order valence-corrected chi connectivity index (χ4v) is 2.94. The van der Waals surface area contributed by atoms with Crippen molar-refractivity contribution in [3.05, 3.63) is 63.1 Å². The third-order valence-corrected chi connectivity index (χ3v) is 4.46. The van der Waals surface area contributed by atoms with Gasteiger partial charge in [-0.2, -0.15) is 0 Å². The third kappa shape index (κ3) is 3.76. The van der Waals surface area contributed by atoms with Gasteiger partial charge in [0.1, 0.15) is 4.99 Å². The third-order valence-electron chi connectivity index (χ3n) is 3.52. The Labute approximate surface area is 144 Å². The zero-order valence-electron chi connectivity index (χ0n) is 11.8. The minimum atomic E-state index is 0.151. The van der Waals surface area contributed by atoms with Crippen molar-refractivity contribution in [2.24, 2.45) is 5.73 Å². The normalized spacial score (nSPS) is 12.0. The van der Waals surface area contributed by atoms with Crippen LogP contribution in [-0.4, -0.2) is 12.0 Å². The molecule has 2 rings (SSSR count). The maximum atomic E-state index is 6.08. The fraction of sp³-hybridized carbons (Fsp3) is 0.188. The summed E-state index contributed by atoms with van der Waals surface area (Å²) < 4.78 is 0.956. The molecular weight excluding hydrogens is 368 g/mol. The molecule has 21 heavy (non-hydrogen) atoms. The number of nitrogens with zero attached hydrogens (tertiary/aromatic N) is 1. The topological polar surface area (TPSA) is 29.3 Å². The van der Waals surface area contributed by atoms with Gasteiger partial charge in [-0.1, -0.05) is 51.9 Å². The molecule has 0 aliphatic carbocycles. The van der Waals surface area contributed by atoms with Crippen LogP contribution in [0.15, 0.2) is 46.9 Å². The van der Waals surface area contributed by atoms with E-state index in [4.69, 9.17) is 29.6 Å². The number of thiocarbonyl (C=S) groups is 1. The molecule has 0 saturated carbocycles. The summed E-state index contributed by atoms with van der Waals surface area (Å²) in [5, 5.41) is 0.734. The van der Waals surface area contributed by atoms with E-state index < -0.39 is 0 Å². The number of benzene rings is 2. The Morgan fingerprint density at radius 1 is 1.29 bits per heavy atom. The fourth-order valence-electron chi connectivity index (χ4n) is 2.21. The van der Waals surface area contributed by atoms with E-state index in [9.17, 15) is 0 Å². The van der Waals surface area contributed by atoms with Gasteiger partial charge in [0, 0.05) is 27.8 Å². The molecular formula is C16H16BrClN2S. The molecule has 0 radical (unpaired) electrons. The SMILES string of the molecule is CC(c1cccc(Cl)c1)N(C)c1ccc(Br)cc1C(N)=S. The lowest BCUT2D eigenvalue weighted by molar-refractivity contribution is 0.739. The molecule has 1 atom stereocenters. The van der Waals surface area contributed by atoms with E-state index in [-0.39, 0.29) is 6.04 Å². The van der Waals surface area contributed by atoms with Crippen molar-refractivity contribution in [1.82, 2.24) is 0 Å². The molecule has 0 bridgehead atoms. The number of anilines is 1. The molecule has 0 aromatic heterocycles. The summed E-state index contributed by atoms with van der Waals surface area (Å²) in [6.07, 6.45) is 0. The highest BCUT2D eigenvalue weighted by molar-refractivity contribution is 9.10. The van der Waals surface area contributed by atoms with E-state index >= 15 is 0 Å². The highest BCUT2D eigenvalue weighted by atomic mass is 79.9. The number of nitrogens with two attached hydrogens (primary N) is 1. The van der Waals surface area contributed by atoms with Gasteiger partial charge in [0.2, 0.25) is 0 Å². The van der Waals surface area contributed by atoms with Crippen molar-refractivity contribution < 1.29 is 0 Å². The van der Waals surface area contributed by atoms with Crippen LogP contribution in [0.1, 0.15) is 24.1 Å². The largest absolute Gasteiger partial charge is 0.389 e. The zero-order chi connectivity index (χ0) is 15.6. The van der Waals surface area contributed by atoms with Crippen LogP contribution in [0, 0.1) is 0 Å². The Morgan fingerprint density at radius 3 is 2.62 bits per heavy atom. The molecule has 0 spiro atoms. The van der Waals surface area contributed by atoms with Crippen molar-refractivity contribution in [1.29, 1.82) is 0 Å². The van der Waals surface area contributed by atoms with E-state index in [1.54, 1.807) is 0 Å². The Kier molecular flexibility index (Phi) is 5.25. The smallest absolute Gasteiger partial charge is 0.106 e. The van der Waals surface area contributed by atoms with Gasteiger partial charge in [-0.3, -0.25) is 0 Å². The van der Waals surface area contributed by atoms with Gasteiger partial charge in [0.25, 0.3) is 0 Å². The Morgan fingerprint density at radius 2 is 2.00 bits per heavy atom. The van der Waals surface area contributed by atoms with Gasteiger partial charge >= 0.3 is 0 Å². The van der Waals surface area contributed by atoms with Crippen LogP contribution in [0.4, 0.5) is 5.69 Å². The molecule has 0 heterocycles. The average molecular weight is 384 g/mol. The minimum Gasteiger partial charge on any atom is -0.389 e. The van der Waals surface area contributed by atoms with E-state index in [0.717, 1.165) is 26.3 Å². The number of halogens is 2. The Bertz CT molecular complexity index is 675. The molecule has 0 saturated heterocycles. The standard InChI is InChI=1S/C16H16BrClN2S/c1-10(11-4-3-5-13(18)8-11)20(2)15-7-6-12(17)9-14(15)16(19)21/h3-10H,1-2H3,(H2,19,21). The van der Waals surface area contributed by atoms with Gasteiger partial charge < -0.3 is 10.6 Å². The molecule has 0 aliphatic heterocycles. The number of hydrogen-bond donors (Lipinski definition) is 1. The first kappa shape index (κ1) is 16.3. The first-order valence-electron chi connectivity index (χ1n) is 6.48. The van der Waals surface area contributed by atoms with Crippen molar-refractivity contribution in [3.8, 4) is 0 Å². The van der Waals surface area contributed by atoms with E-state index in [2.05, 4.69) is 33.8 Å². The van der Waals surface area contributed by atoms with E-state index in [1.165, 1.54) is 0 Å². The van der Waals surface area contributed by atoms with Crippen LogP contribution in [0.5, 0.6) is 0 Å². The van der Waals surface area contributed by atoms with Crippen LogP contribution in [0.25, 0.3) is 0 Å². The first-order chi connectivity index (χ1) is 9.90. The first-order valence-corrected chi connectivity index (χ1v) is 8.05. The van der Waals surface area contributed by atoms with Crippen LogP contribution < -0.4 is 10.6 Å². The molecule has 0 amide bonds. The van der Waals surface area contributed by atoms with Crippen LogP contribution in [0.2, 0.25) is 5.02 Å². The lowest BCUT2D eigenvalue weighted by Gasteiger charge is -2.29. The van der Waals surface area contributed by atoms with Gasteiger partial charge in [0.05, 0.1) is 6.04 Å². The Balaban J connectivity index is 2.40. The van der Waals surface area contributed by atoms with Gasteiger partial charge in [-0.15, -0.1) is 0 Å². The van der Waals surface area contributed by atoms with E-state index in [1.807, 2.05) is 43.4 Å². The monoisotopic (exact) mass is 382 g/mol. The molecule has 5 heteroatoms. The lowest BCUT2D eigenvalue weighted by Crippen LogP contribution is -2.25. The van der Waals surface area contributed by atoms with Crippen LogP contribution >= 0.6 is 39.7 Å². The van der Waals surface area contributed by atoms with Crippen molar-refractivity contribution in [2.75, 3.05) is 11.9 Å². The quantitative estimate of drug-likeness (QED) is 0.759. The predicted molar refractivity (Wildman–Crippen MR) is 98.3 cm³/mol. The summed E-state index contributed by atoms with van der Waals surface area (Å²) in [6, 6.07) is 14.0. The molecule has 110 valence electrons. The second-order valence-electron chi connectivity index (χ2n) is 4.87. The van der Waals surface area contributed by atoms with Crippen molar-refractivity contribution in [2.45, 2.75) is 13.0 Å². The summed E-state index contributed by atoms with van der Waals surface area (Å²) in [5.74, 6) is 0. The molecule has 1 unspecified atom stereocenters. The highest BCUT2D eigenvalue weighted by Gasteiger charge is 2.17. The molecule has 2 aromatic rings. The van der Waals surface area contributed by atoms with Crippen LogP contribution in [0.3, 0.4) is 0 Å². The number of rotatable bonds is 4. The van der Waals surface area contributed by atoms with Gasteiger partial charge in [-0.05, 0) is 42.8 Å². The van der Waals surface area contributed by atoms with Crippen molar-refractivity contribution >= 4 is 50.4 Å². The van der Waals surface area contributed by atoms with E-state index in [0.29, 0.717) is 4.99 Å². The second kappa shape index (κ2) is 6.77. The highest BCUT2D eigenvalue weighted by Crippen LogP contribution is 2.31. The van der Waals surface area contributed by atoms with Gasteiger partial charge in [-0.25, -0.2) is 0 Å². The Hall–Kier alpha value is -1.10. The summed E-state index contributed by atoms with van der Waals surface area (Å²) in [4.78, 5) is 2.53.